The van der Waals surface area contributed by atoms with Gasteiger partial charge < -0.3 is 5.11 Å². The summed E-state index contributed by atoms with van der Waals surface area (Å²) in [5.74, 6) is 0.537. The highest BCUT2D eigenvalue weighted by Crippen LogP contribution is 2.34. The third-order valence-electron chi connectivity index (χ3n) is 2.01. The monoisotopic (exact) mass is 138 g/mol. The van der Waals surface area contributed by atoms with Crippen molar-refractivity contribution in [2.45, 2.75) is 27.2 Å². The van der Waals surface area contributed by atoms with Crippen LogP contribution >= 0.6 is 0 Å². The van der Waals surface area contributed by atoms with E-state index in [0.717, 1.165) is 12.0 Å². The molecule has 1 rings (SSSR count). The number of hydrogen-bond donors (Lipinski definition) is 1. The van der Waals surface area contributed by atoms with Crippen molar-refractivity contribution < 1.29 is 5.11 Å². The van der Waals surface area contributed by atoms with E-state index in [1.807, 2.05) is 13.0 Å². The molecule has 1 aliphatic rings. The third kappa shape index (κ3) is 1.08. The molecule has 0 unspecified atom stereocenters. The van der Waals surface area contributed by atoms with Gasteiger partial charge in [-0.05, 0) is 18.9 Å². The number of aliphatic hydroxyl groups is 1. The Kier molecular flexibility index (Phi) is 1.59. The van der Waals surface area contributed by atoms with Crippen molar-refractivity contribution in [3.63, 3.8) is 0 Å². The number of rotatable bonds is 0. The second-order valence-electron chi connectivity index (χ2n) is 3.52. The van der Waals surface area contributed by atoms with Gasteiger partial charge in [0.1, 0.15) is 5.76 Å². The van der Waals surface area contributed by atoms with Crippen molar-refractivity contribution in [1.29, 1.82) is 0 Å². The zero-order valence-electron chi connectivity index (χ0n) is 6.81. The van der Waals surface area contributed by atoms with Gasteiger partial charge in [0, 0.05) is 5.41 Å². The van der Waals surface area contributed by atoms with E-state index < -0.39 is 0 Å². The van der Waals surface area contributed by atoms with Crippen molar-refractivity contribution in [2.75, 3.05) is 0 Å². The first-order valence-electron chi connectivity index (χ1n) is 3.61. The number of hydrogen-bond acceptors (Lipinski definition) is 1. The molecule has 10 heavy (non-hydrogen) atoms. The molecule has 1 heteroatoms. The minimum absolute atomic E-state index is 0.0428. The molecule has 1 nitrogen and oxygen atoms in total. The van der Waals surface area contributed by atoms with Crippen molar-refractivity contribution >= 4 is 0 Å². The Morgan fingerprint density at radius 3 is 2.50 bits per heavy atom. The van der Waals surface area contributed by atoms with Crippen LogP contribution in [0.3, 0.4) is 0 Å². The van der Waals surface area contributed by atoms with Crippen LogP contribution in [0.1, 0.15) is 27.2 Å². The summed E-state index contributed by atoms with van der Waals surface area (Å²) >= 11 is 0. The van der Waals surface area contributed by atoms with Crippen molar-refractivity contribution in [3.05, 3.63) is 23.5 Å². The summed E-state index contributed by atoms with van der Waals surface area (Å²) in [6.07, 6.45) is 5.02. The molecule has 0 spiro atoms. The Bertz CT molecular complexity index is 197. The molecule has 0 aromatic rings. The Balaban J connectivity index is 2.99. The quantitative estimate of drug-likeness (QED) is 0.545. The van der Waals surface area contributed by atoms with Gasteiger partial charge in [-0.1, -0.05) is 26.0 Å². The summed E-state index contributed by atoms with van der Waals surface area (Å²) in [4.78, 5) is 0. The van der Waals surface area contributed by atoms with E-state index >= 15 is 0 Å². The fourth-order valence-corrected chi connectivity index (χ4v) is 1.24. The first-order chi connectivity index (χ1) is 4.54. The van der Waals surface area contributed by atoms with Gasteiger partial charge in [-0.25, -0.2) is 0 Å². The first-order valence-corrected chi connectivity index (χ1v) is 3.61. The lowest BCUT2D eigenvalue weighted by Gasteiger charge is -2.26. The van der Waals surface area contributed by atoms with E-state index in [9.17, 15) is 5.11 Å². The summed E-state index contributed by atoms with van der Waals surface area (Å²) in [5.41, 5.74) is 0.954. The molecule has 1 N–H and O–H groups in total. The number of allylic oxidation sites excluding steroid dienone is 4. The molecule has 0 radical (unpaired) electrons. The van der Waals surface area contributed by atoms with E-state index in [1.165, 1.54) is 0 Å². The Labute approximate surface area is 62.1 Å². The van der Waals surface area contributed by atoms with Gasteiger partial charge in [-0.3, -0.25) is 0 Å². The Morgan fingerprint density at radius 1 is 1.50 bits per heavy atom. The predicted molar refractivity (Wildman–Crippen MR) is 42.9 cm³/mol. The molecule has 0 bridgehead atoms. The SMILES string of the molecule is CC1=C(O)C(C)(C)CC=C1. The maximum absolute atomic E-state index is 9.53. The zero-order valence-corrected chi connectivity index (χ0v) is 6.81. The molecular weight excluding hydrogens is 124 g/mol. The van der Waals surface area contributed by atoms with Crippen LogP contribution in [0.5, 0.6) is 0 Å². The van der Waals surface area contributed by atoms with Gasteiger partial charge in [0.25, 0.3) is 0 Å². The van der Waals surface area contributed by atoms with E-state index in [0.29, 0.717) is 5.76 Å². The van der Waals surface area contributed by atoms with Crippen LogP contribution in [0.15, 0.2) is 23.5 Å². The standard InChI is InChI=1S/C9H14O/c1-7-5-4-6-9(2,3)8(7)10/h4-5,10H,6H2,1-3H3. The molecule has 0 heterocycles. The van der Waals surface area contributed by atoms with Crippen molar-refractivity contribution in [1.82, 2.24) is 0 Å². The number of aliphatic hydroxyl groups excluding tert-OH is 1. The molecule has 0 aliphatic heterocycles. The van der Waals surface area contributed by atoms with Crippen LogP contribution in [0.2, 0.25) is 0 Å². The van der Waals surface area contributed by atoms with Gasteiger partial charge in [0.2, 0.25) is 0 Å². The smallest absolute Gasteiger partial charge is 0.101 e. The predicted octanol–water partition coefficient (Wildman–Crippen LogP) is 2.80. The highest BCUT2D eigenvalue weighted by atomic mass is 16.3. The summed E-state index contributed by atoms with van der Waals surface area (Å²) < 4.78 is 0. The van der Waals surface area contributed by atoms with E-state index in [-0.39, 0.29) is 5.41 Å². The van der Waals surface area contributed by atoms with E-state index in [1.54, 1.807) is 0 Å². The highest BCUT2D eigenvalue weighted by Gasteiger charge is 2.25. The van der Waals surface area contributed by atoms with Gasteiger partial charge in [0.05, 0.1) is 0 Å². The van der Waals surface area contributed by atoms with Crippen LogP contribution < -0.4 is 0 Å². The highest BCUT2D eigenvalue weighted by molar-refractivity contribution is 5.28. The van der Waals surface area contributed by atoms with E-state index in [2.05, 4.69) is 19.9 Å². The fraction of sp³-hybridized carbons (Fsp3) is 0.556. The molecule has 1 aliphatic carbocycles. The molecule has 0 amide bonds. The van der Waals surface area contributed by atoms with Crippen LogP contribution in [0.25, 0.3) is 0 Å². The van der Waals surface area contributed by atoms with Gasteiger partial charge >= 0.3 is 0 Å². The topological polar surface area (TPSA) is 20.2 Å². The second kappa shape index (κ2) is 2.15. The lowest BCUT2D eigenvalue weighted by atomic mass is 9.82. The lowest BCUT2D eigenvalue weighted by Crippen LogP contribution is -2.17. The van der Waals surface area contributed by atoms with Crippen LogP contribution in [-0.4, -0.2) is 5.11 Å². The molecule has 56 valence electrons. The van der Waals surface area contributed by atoms with Crippen LogP contribution in [0, 0.1) is 5.41 Å². The maximum Gasteiger partial charge on any atom is 0.101 e. The second-order valence-corrected chi connectivity index (χ2v) is 3.52. The lowest BCUT2D eigenvalue weighted by molar-refractivity contribution is 0.252. The summed E-state index contributed by atoms with van der Waals surface area (Å²) in [6.45, 7) is 6.04. The molecule has 0 saturated carbocycles. The summed E-state index contributed by atoms with van der Waals surface area (Å²) in [5, 5.41) is 9.53. The van der Waals surface area contributed by atoms with Gasteiger partial charge in [-0.15, -0.1) is 0 Å². The van der Waals surface area contributed by atoms with Crippen molar-refractivity contribution in [2.24, 2.45) is 5.41 Å². The van der Waals surface area contributed by atoms with E-state index in [4.69, 9.17) is 0 Å². The molecule has 0 atom stereocenters. The average molecular weight is 138 g/mol. The van der Waals surface area contributed by atoms with Gasteiger partial charge in [-0.2, -0.15) is 0 Å². The first kappa shape index (κ1) is 7.39. The third-order valence-corrected chi connectivity index (χ3v) is 2.01. The largest absolute Gasteiger partial charge is 0.511 e. The molecule has 0 fully saturated rings. The zero-order chi connectivity index (χ0) is 7.78. The van der Waals surface area contributed by atoms with Crippen LogP contribution in [0.4, 0.5) is 0 Å². The fourth-order valence-electron chi connectivity index (χ4n) is 1.24. The maximum atomic E-state index is 9.53. The van der Waals surface area contributed by atoms with Crippen LogP contribution in [-0.2, 0) is 0 Å². The molecule has 0 saturated heterocycles. The molecular formula is C9H14O. The summed E-state index contributed by atoms with van der Waals surface area (Å²) in [7, 11) is 0. The minimum atomic E-state index is -0.0428. The molecule has 0 aromatic heterocycles. The normalized spacial score (nSPS) is 23.5. The minimum Gasteiger partial charge on any atom is -0.511 e. The average Bonchev–Trinajstić information content (AvgIpc) is 1.83. The van der Waals surface area contributed by atoms with Gasteiger partial charge in [0.15, 0.2) is 0 Å². The Hall–Kier alpha value is -0.720. The van der Waals surface area contributed by atoms with Crippen molar-refractivity contribution in [3.8, 4) is 0 Å². The molecule has 0 aromatic carbocycles. The summed E-state index contributed by atoms with van der Waals surface area (Å²) in [6, 6.07) is 0. The Morgan fingerprint density at radius 2 is 2.10 bits per heavy atom.